The molecule has 0 radical (unpaired) electrons. The Bertz CT molecular complexity index is 1060. The number of amidine groups is 1. The van der Waals surface area contributed by atoms with Gasteiger partial charge in [-0.05, 0) is 53.4 Å². The minimum Gasteiger partial charge on any atom is -0.508 e. The summed E-state index contributed by atoms with van der Waals surface area (Å²) in [4.78, 5) is 0. The number of oxime groups is 1. The highest BCUT2D eigenvalue weighted by Crippen LogP contribution is 2.41. The Hall–Kier alpha value is -3.54. The minimum atomic E-state index is -0.432. The third kappa shape index (κ3) is 4.01. The minimum absolute atomic E-state index is 0.0966. The summed E-state index contributed by atoms with van der Waals surface area (Å²) in [6.07, 6.45) is 1.60. The normalized spacial score (nSPS) is 11.5. The molecule has 0 aliphatic heterocycles. The molecule has 3 aromatic carbocycles. The number of nitrogens with zero attached hydrogens (tertiary/aromatic N) is 1. The highest BCUT2D eigenvalue weighted by atomic mass is 19.1. The van der Waals surface area contributed by atoms with Crippen LogP contribution in [-0.2, 0) is 6.42 Å². The van der Waals surface area contributed by atoms with Crippen molar-refractivity contribution in [3.8, 4) is 33.8 Å². The maximum Gasteiger partial charge on any atom is 0.170 e. The first kappa shape index (κ1) is 20.2. The van der Waals surface area contributed by atoms with Crippen molar-refractivity contribution in [1.82, 2.24) is 0 Å². The summed E-state index contributed by atoms with van der Waals surface area (Å²) in [7, 11) is 1.50. The number of rotatable bonds is 6. The van der Waals surface area contributed by atoms with Crippen molar-refractivity contribution in [2.24, 2.45) is 10.9 Å². The number of halogens is 1. The van der Waals surface area contributed by atoms with Crippen molar-refractivity contribution < 1.29 is 19.4 Å². The van der Waals surface area contributed by atoms with Gasteiger partial charge in [-0.1, -0.05) is 42.8 Å². The average molecular weight is 394 g/mol. The number of hydrogen-bond donors (Lipinski definition) is 3. The Morgan fingerprint density at radius 3 is 2.59 bits per heavy atom. The van der Waals surface area contributed by atoms with Crippen molar-refractivity contribution in [2.45, 2.75) is 19.8 Å². The zero-order valence-electron chi connectivity index (χ0n) is 16.3. The van der Waals surface area contributed by atoms with E-state index in [1.807, 2.05) is 19.1 Å². The van der Waals surface area contributed by atoms with E-state index >= 15 is 0 Å². The number of ether oxygens (including phenoxy) is 1. The maximum absolute atomic E-state index is 14.1. The van der Waals surface area contributed by atoms with E-state index in [9.17, 15) is 14.7 Å². The largest absolute Gasteiger partial charge is 0.508 e. The van der Waals surface area contributed by atoms with Gasteiger partial charge in [0, 0.05) is 16.7 Å². The molecule has 0 aliphatic carbocycles. The predicted octanol–water partition coefficient (Wildman–Crippen LogP) is 4.92. The standard InChI is InChI=1S/C23H23FN2O3/c1-3-5-15-12-14(8-10-20(15)27)17-6-4-7-18(23(25)26-28)22(17)19-13-16(24)9-11-21(19)29-2/h4,6-13,27-28H,3,5H2,1-2H3,(H2,25,26). The van der Waals surface area contributed by atoms with Crippen molar-refractivity contribution in [3.05, 3.63) is 71.5 Å². The molecular formula is C23H23FN2O3. The van der Waals surface area contributed by atoms with E-state index < -0.39 is 5.82 Å². The molecule has 0 saturated heterocycles. The van der Waals surface area contributed by atoms with Gasteiger partial charge in [0.1, 0.15) is 17.3 Å². The highest BCUT2D eigenvalue weighted by Gasteiger charge is 2.19. The molecule has 0 atom stereocenters. The fourth-order valence-corrected chi connectivity index (χ4v) is 3.45. The third-order valence-corrected chi connectivity index (χ3v) is 4.79. The zero-order chi connectivity index (χ0) is 21.0. The van der Waals surface area contributed by atoms with Gasteiger partial charge in [-0.25, -0.2) is 4.39 Å². The number of phenols is 1. The molecular weight excluding hydrogens is 371 g/mol. The van der Waals surface area contributed by atoms with Crippen molar-refractivity contribution >= 4 is 5.84 Å². The van der Waals surface area contributed by atoms with Crippen LogP contribution in [0.5, 0.6) is 11.5 Å². The van der Waals surface area contributed by atoms with Gasteiger partial charge in [0.05, 0.1) is 7.11 Å². The van der Waals surface area contributed by atoms with Gasteiger partial charge in [0.25, 0.3) is 0 Å². The number of methoxy groups -OCH3 is 1. The van der Waals surface area contributed by atoms with Crippen LogP contribution in [0.15, 0.2) is 59.8 Å². The predicted molar refractivity (Wildman–Crippen MR) is 112 cm³/mol. The molecule has 0 saturated carbocycles. The topological polar surface area (TPSA) is 88.1 Å². The summed E-state index contributed by atoms with van der Waals surface area (Å²) in [5.74, 6) is 0.158. The molecule has 0 fully saturated rings. The van der Waals surface area contributed by atoms with Gasteiger partial charge in [0.15, 0.2) is 5.84 Å². The van der Waals surface area contributed by atoms with Crippen LogP contribution in [0, 0.1) is 5.82 Å². The lowest BCUT2D eigenvalue weighted by Gasteiger charge is -2.18. The summed E-state index contributed by atoms with van der Waals surface area (Å²) in [6.45, 7) is 2.04. The molecule has 0 unspecified atom stereocenters. The van der Waals surface area contributed by atoms with Crippen LogP contribution in [0.1, 0.15) is 24.5 Å². The first-order valence-electron chi connectivity index (χ1n) is 9.27. The van der Waals surface area contributed by atoms with Crippen LogP contribution in [0.2, 0.25) is 0 Å². The summed E-state index contributed by atoms with van der Waals surface area (Å²) in [6, 6.07) is 14.9. The number of phenolic OH excluding ortho intramolecular Hbond substituents is 1. The molecule has 0 aromatic heterocycles. The summed E-state index contributed by atoms with van der Waals surface area (Å²) >= 11 is 0. The second-order valence-electron chi connectivity index (χ2n) is 6.65. The number of hydrogen-bond acceptors (Lipinski definition) is 4. The first-order valence-corrected chi connectivity index (χ1v) is 9.27. The summed E-state index contributed by atoms with van der Waals surface area (Å²) in [5.41, 5.74) is 9.82. The molecule has 150 valence electrons. The Labute approximate surface area is 168 Å². The third-order valence-electron chi connectivity index (χ3n) is 4.79. The summed E-state index contributed by atoms with van der Waals surface area (Å²) < 4.78 is 19.6. The second kappa shape index (κ2) is 8.65. The number of benzene rings is 3. The van der Waals surface area contributed by atoms with Crippen LogP contribution in [-0.4, -0.2) is 23.3 Å². The molecule has 5 nitrogen and oxygen atoms in total. The lowest BCUT2D eigenvalue weighted by molar-refractivity contribution is 0.318. The van der Waals surface area contributed by atoms with Gasteiger partial charge < -0.3 is 20.8 Å². The molecule has 0 aliphatic rings. The fraction of sp³-hybridized carbons (Fsp3) is 0.174. The number of nitrogens with two attached hydrogens (primary N) is 1. The van der Waals surface area contributed by atoms with Gasteiger partial charge in [-0.3, -0.25) is 0 Å². The van der Waals surface area contributed by atoms with Crippen molar-refractivity contribution in [3.63, 3.8) is 0 Å². The van der Waals surface area contributed by atoms with Gasteiger partial charge in [-0.15, -0.1) is 0 Å². The molecule has 6 heteroatoms. The molecule has 3 rings (SSSR count). The molecule has 3 aromatic rings. The molecule has 0 amide bonds. The second-order valence-corrected chi connectivity index (χ2v) is 6.65. The quantitative estimate of drug-likeness (QED) is 0.240. The van der Waals surface area contributed by atoms with Crippen molar-refractivity contribution in [2.75, 3.05) is 7.11 Å². The van der Waals surface area contributed by atoms with Gasteiger partial charge in [-0.2, -0.15) is 0 Å². The smallest absolute Gasteiger partial charge is 0.170 e. The SMILES string of the molecule is CCCc1cc(-c2cccc(/C(N)=N/O)c2-c2cc(F)ccc2OC)ccc1O. The van der Waals surface area contributed by atoms with Crippen LogP contribution >= 0.6 is 0 Å². The number of aromatic hydroxyl groups is 1. The zero-order valence-corrected chi connectivity index (χ0v) is 16.3. The average Bonchev–Trinajstić information content (AvgIpc) is 2.74. The van der Waals surface area contributed by atoms with E-state index in [4.69, 9.17) is 10.5 Å². The molecule has 0 bridgehead atoms. The monoisotopic (exact) mass is 394 g/mol. The van der Waals surface area contributed by atoms with Crippen LogP contribution in [0.25, 0.3) is 22.3 Å². The summed E-state index contributed by atoms with van der Waals surface area (Å²) in [5, 5.41) is 22.6. The lowest BCUT2D eigenvalue weighted by Crippen LogP contribution is -2.15. The fourth-order valence-electron chi connectivity index (χ4n) is 3.45. The van der Waals surface area contributed by atoms with E-state index in [0.717, 1.165) is 29.5 Å². The van der Waals surface area contributed by atoms with E-state index in [0.29, 0.717) is 22.4 Å². The first-order chi connectivity index (χ1) is 14.0. The van der Waals surface area contributed by atoms with Crippen LogP contribution in [0.3, 0.4) is 0 Å². The van der Waals surface area contributed by atoms with E-state index in [2.05, 4.69) is 5.16 Å². The number of aryl methyl sites for hydroxylation is 1. The molecule has 29 heavy (non-hydrogen) atoms. The Morgan fingerprint density at radius 1 is 1.10 bits per heavy atom. The maximum atomic E-state index is 14.1. The lowest BCUT2D eigenvalue weighted by atomic mass is 9.88. The highest BCUT2D eigenvalue weighted by molar-refractivity contribution is 6.07. The Morgan fingerprint density at radius 2 is 1.90 bits per heavy atom. The van der Waals surface area contributed by atoms with E-state index in [-0.39, 0.29) is 11.6 Å². The Balaban J connectivity index is 2.36. The van der Waals surface area contributed by atoms with Crippen molar-refractivity contribution in [1.29, 1.82) is 0 Å². The molecule has 0 heterocycles. The van der Waals surface area contributed by atoms with Gasteiger partial charge >= 0.3 is 0 Å². The van der Waals surface area contributed by atoms with Gasteiger partial charge in [0.2, 0.25) is 0 Å². The Kier molecular flexibility index (Phi) is 6.02. The molecule has 0 spiro atoms. The van der Waals surface area contributed by atoms with E-state index in [1.165, 1.54) is 25.3 Å². The van der Waals surface area contributed by atoms with E-state index in [1.54, 1.807) is 24.3 Å². The van der Waals surface area contributed by atoms with Crippen LogP contribution in [0.4, 0.5) is 4.39 Å². The molecule has 4 N–H and O–H groups in total. The van der Waals surface area contributed by atoms with Crippen LogP contribution < -0.4 is 10.5 Å².